The van der Waals surface area contributed by atoms with Gasteiger partial charge in [-0.1, -0.05) is 12.1 Å². The first-order chi connectivity index (χ1) is 11.1. The summed E-state index contributed by atoms with van der Waals surface area (Å²) in [4.78, 5) is 12.0. The number of ketones is 1. The average Bonchev–Trinajstić information content (AvgIpc) is 2.56. The second-order valence-electron chi connectivity index (χ2n) is 4.74. The minimum absolute atomic E-state index is 0.238. The molecule has 0 radical (unpaired) electrons. The first kappa shape index (κ1) is 16.8. The van der Waals surface area contributed by atoms with Crippen molar-refractivity contribution in [1.29, 1.82) is 0 Å². The Balaban J connectivity index is 1.99. The molecule has 0 aliphatic heterocycles. The Labute approximate surface area is 133 Å². The fraction of sp³-hybridized carbons (Fsp3) is 0.167. The topological polar surface area (TPSA) is 35.5 Å². The van der Waals surface area contributed by atoms with Gasteiger partial charge in [0.15, 0.2) is 17.4 Å². The third-order valence-electron chi connectivity index (χ3n) is 3.07. The summed E-state index contributed by atoms with van der Waals surface area (Å²) in [7, 11) is 1.59. The van der Waals surface area contributed by atoms with Gasteiger partial charge in [-0.05, 0) is 48.0 Å². The second-order valence-corrected chi connectivity index (χ2v) is 4.74. The number of rotatable bonds is 7. The summed E-state index contributed by atoms with van der Waals surface area (Å²) in [6.45, 7) is 0.914. The van der Waals surface area contributed by atoms with Gasteiger partial charge in [0.05, 0.1) is 6.61 Å². The van der Waals surface area contributed by atoms with E-state index in [0.717, 1.165) is 12.1 Å². The monoisotopic (exact) mass is 318 g/mol. The summed E-state index contributed by atoms with van der Waals surface area (Å²) in [5, 5.41) is 0. The fourth-order valence-corrected chi connectivity index (χ4v) is 1.84. The Kier molecular flexibility index (Phi) is 6.00. The molecule has 5 heteroatoms. The van der Waals surface area contributed by atoms with E-state index in [9.17, 15) is 13.6 Å². The molecule has 23 heavy (non-hydrogen) atoms. The number of hydrogen-bond acceptors (Lipinski definition) is 3. The van der Waals surface area contributed by atoms with Crippen LogP contribution in [0.2, 0.25) is 0 Å². The smallest absolute Gasteiger partial charge is 0.185 e. The molecule has 2 rings (SSSR count). The van der Waals surface area contributed by atoms with Gasteiger partial charge in [-0.2, -0.15) is 0 Å². The molecule has 0 fully saturated rings. The maximum absolute atomic E-state index is 13.1. The minimum atomic E-state index is -0.947. The summed E-state index contributed by atoms with van der Waals surface area (Å²) < 4.78 is 36.2. The average molecular weight is 318 g/mol. The van der Waals surface area contributed by atoms with Crippen LogP contribution in [-0.4, -0.2) is 26.1 Å². The van der Waals surface area contributed by atoms with Gasteiger partial charge in [0, 0.05) is 12.7 Å². The minimum Gasteiger partial charge on any atom is -0.491 e. The standard InChI is InChI=1S/C18H16F2O3/c1-22-10-11-23-15-6-4-14(5-7-15)18(21)9-3-13-2-8-16(19)17(20)12-13/h2-9,12H,10-11H2,1H3/b9-3+. The van der Waals surface area contributed by atoms with E-state index >= 15 is 0 Å². The SMILES string of the molecule is COCCOc1ccc(C(=O)/C=C/c2ccc(F)c(F)c2)cc1. The Morgan fingerprint density at radius 1 is 1.04 bits per heavy atom. The molecule has 2 aromatic carbocycles. The van der Waals surface area contributed by atoms with Crippen LogP contribution in [0.3, 0.4) is 0 Å². The molecular formula is C18H16F2O3. The van der Waals surface area contributed by atoms with Gasteiger partial charge in [0.2, 0.25) is 0 Å². The molecule has 0 atom stereocenters. The largest absolute Gasteiger partial charge is 0.491 e. The second kappa shape index (κ2) is 8.19. The highest BCUT2D eigenvalue weighted by molar-refractivity contribution is 6.06. The van der Waals surface area contributed by atoms with Gasteiger partial charge in [-0.25, -0.2) is 8.78 Å². The predicted octanol–water partition coefficient (Wildman–Crippen LogP) is 3.89. The van der Waals surface area contributed by atoms with Gasteiger partial charge in [-0.15, -0.1) is 0 Å². The van der Waals surface area contributed by atoms with E-state index in [2.05, 4.69) is 0 Å². The quantitative estimate of drug-likeness (QED) is 0.441. The molecule has 3 nitrogen and oxygen atoms in total. The molecule has 2 aromatic rings. The highest BCUT2D eigenvalue weighted by Crippen LogP contribution is 2.14. The number of benzene rings is 2. The van der Waals surface area contributed by atoms with Crippen molar-refractivity contribution in [1.82, 2.24) is 0 Å². The number of ether oxygens (including phenoxy) is 2. The lowest BCUT2D eigenvalue weighted by atomic mass is 10.1. The van der Waals surface area contributed by atoms with Crippen molar-refractivity contribution in [2.45, 2.75) is 0 Å². The maximum Gasteiger partial charge on any atom is 0.185 e. The molecule has 0 saturated heterocycles. The molecule has 120 valence electrons. The molecule has 0 aromatic heterocycles. The normalized spacial score (nSPS) is 10.9. The molecule has 0 amide bonds. The van der Waals surface area contributed by atoms with Crippen LogP contribution in [0, 0.1) is 11.6 Å². The highest BCUT2D eigenvalue weighted by Gasteiger charge is 2.04. The van der Waals surface area contributed by atoms with Crippen molar-refractivity contribution < 1.29 is 23.0 Å². The zero-order valence-electron chi connectivity index (χ0n) is 12.6. The number of halogens is 2. The third-order valence-corrected chi connectivity index (χ3v) is 3.07. The number of hydrogen-bond donors (Lipinski definition) is 0. The number of allylic oxidation sites excluding steroid dienone is 1. The first-order valence-corrected chi connectivity index (χ1v) is 6.99. The van der Waals surface area contributed by atoms with E-state index in [0.29, 0.717) is 30.1 Å². The van der Waals surface area contributed by atoms with Gasteiger partial charge >= 0.3 is 0 Å². The van der Waals surface area contributed by atoms with Crippen molar-refractivity contribution >= 4 is 11.9 Å². The van der Waals surface area contributed by atoms with Crippen LogP contribution < -0.4 is 4.74 Å². The molecule has 0 heterocycles. The Hall–Kier alpha value is -2.53. The molecule has 0 saturated carbocycles. The molecule has 0 unspecified atom stereocenters. The molecule has 0 N–H and O–H groups in total. The van der Waals surface area contributed by atoms with Gasteiger partial charge in [-0.3, -0.25) is 4.79 Å². The maximum atomic E-state index is 13.1. The van der Waals surface area contributed by atoms with Crippen LogP contribution in [-0.2, 0) is 4.74 Å². The van der Waals surface area contributed by atoms with E-state index < -0.39 is 11.6 Å². The molecule has 0 aliphatic carbocycles. The fourth-order valence-electron chi connectivity index (χ4n) is 1.84. The summed E-state index contributed by atoms with van der Waals surface area (Å²) in [6, 6.07) is 10.1. The van der Waals surface area contributed by atoms with Crippen molar-refractivity contribution in [2.75, 3.05) is 20.3 Å². The van der Waals surface area contributed by atoms with Crippen molar-refractivity contribution in [2.24, 2.45) is 0 Å². The van der Waals surface area contributed by atoms with Gasteiger partial charge < -0.3 is 9.47 Å². The third kappa shape index (κ3) is 5.00. The number of methoxy groups -OCH3 is 1. The van der Waals surface area contributed by atoms with Crippen molar-refractivity contribution in [3.8, 4) is 5.75 Å². The molecule has 0 aliphatic rings. The van der Waals surface area contributed by atoms with Crippen LogP contribution in [0.4, 0.5) is 8.78 Å². The van der Waals surface area contributed by atoms with Crippen LogP contribution in [0.1, 0.15) is 15.9 Å². The van der Waals surface area contributed by atoms with Crippen LogP contribution >= 0.6 is 0 Å². The van der Waals surface area contributed by atoms with E-state index in [1.54, 1.807) is 31.4 Å². The lowest BCUT2D eigenvalue weighted by molar-refractivity contribution is 0.104. The van der Waals surface area contributed by atoms with E-state index in [1.807, 2.05) is 0 Å². The zero-order chi connectivity index (χ0) is 16.7. The van der Waals surface area contributed by atoms with Gasteiger partial charge in [0.25, 0.3) is 0 Å². The Bertz CT molecular complexity index is 694. The summed E-state index contributed by atoms with van der Waals surface area (Å²) >= 11 is 0. The molecule has 0 bridgehead atoms. The Morgan fingerprint density at radius 3 is 2.43 bits per heavy atom. The zero-order valence-corrected chi connectivity index (χ0v) is 12.6. The predicted molar refractivity (Wildman–Crippen MR) is 83.5 cm³/mol. The van der Waals surface area contributed by atoms with Crippen LogP contribution in [0.15, 0.2) is 48.5 Å². The van der Waals surface area contributed by atoms with Crippen molar-refractivity contribution in [3.63, 3.8) is 0 Å². The number of carbonyl (C=O) groups excluding carboxylic acids is 1. The highest BCUT2D eigenvalue weighted by atomic mass is 19.2. The van der Waals surface area contributed by atoms with E-state index in [-0.39, 0.29) is 5.78 Å². The number of carbonyl (C=O) groups is 1. The van der Waals surface area contributed by atoms with Gasteiger partial charge in [0.1, 0.15) is 12.4 Å². The Morgan fingerprint density at radius 2 is 1.78 bits per heavy atom. The van der Waals surface area contributed by atoms with Crippen LogP contribution in [0.25, 0.3) is 6.08 Å². The molecule has 0 spiro atoms. The van der Waals surface area contributed by atoms with E-state index in [1.165, 1.54) is 18.2 Å². The van der Waals surface area contributed by atoms with E-state index in [4.69, 9.17) is 9.47 Å². The van der Waals surface area contributed by atoms with Crippen LogP contribution in [0.5, 0.6) is 5.75 Å². The summed E-state index contributed by atoms with van der Waals surface area (Å²) in [5.41, 5.74) is 0.889. The van der Waals surface area contributed by atoms with Crippen molar-refractivity contribution in [3.05, 3.63) is 71.3 Å². The molecular weight excluding hydrogens is 302 g/mol. The lowest BCUT2D eigenvalue weighted by Gasteiger charge is -2.05. The lowest BCUT2D eigenvalue weighted by Crippen LogP contribution is -2.04. The summed E-state index contributed by atoms with van der Waals surface area (Å²) in [5.74, 6) is -1.46. The summed E-state index contributed by atoms with van der Waals surface area (Å²) in [6.07, 6.45) is 2.75. The first-order valence-electron chi connectivity index (χ1n) is 6.99.